The minimum absolute atomic E-state index is 0.169. The van der Waals surface area contributed by atoms with Gasteiger partial charge in [0.25, 0.3) is 0 Å². The topological polar surface area (TPSA) is 84.5 Å². The fourth-order valence-electron chi connectivity index (χ4n) is 2.29. The van der Waals surface area contributed by atoms with E-state index in [1.165, 1.54) is 26.2 Å². The lowest BCUT2D eigenvalue weighted by Crippen LogP contribution is -2.52. The molecule has 2 atom stereocenters. The van der Waals surface area contributed by atoms with Gasteiger partial charge in [0.05, 0.1) is 7.11 Å². The molecule has 142 valence electrons. The first-order valence-corrected chi connectivity index (χ1v) is 8.26. The van der Waals surface area contributed by atoms with Crippen LogP contribution in [0.2, 0.25) is 0 Å². The van der Waals surface area contributed by atoms with Gasteiger partial charge in [-0.3, -0.25) is 9.59 Å². The van der Waals surface area contributed by atoms with E-state index in [4.69, 9.17) is 4.74 Å². The zero-order valence-electron chi connectivity index (χ0n) is 15.5. The zero-order chi connectivity index (χ0) is 19.7. The number of nitrogens with one attached hydrogen (secondary N) is 2. The summed E-state index contributed by atoms with van der Waals surface area (Å²) < 4.78 is 17.8. The van der Waals surface area contributed by atoms with Crippen LogP contribution in [0.3, 0.4) is 0 Å². The van der Waals surface area contributed by atoms with E-state index >= 15 is 0 Å². The van der Waals surface area contributed by atoms with Crippen LogP contribution < -0.4 is 10.6 Å². The molecule has 1 rings (SSSR count). The molecule has 0 radical (unpaired) electrons. The predicted molar refractivity (Wildman–Crippen MR) is 95.7 cm³/mol. The quantitative estimate of drug-likeness (QED) is 0.545. The molecular weight excluding hydrogens is 339 g/mol. The Morgan fingerprint density at radius 1 is 1.08 bits per heavy atom. The number of allylic oxidation sites excluding steroid dienone is 1. The largest absolute Gasteiger partial charge is 0.467 e. The Kier molecular flexibility index (Phi) is 8.48. The Hall–Kier alpha value is -2.70. The van der Waals surface area contributed by atoms with Gasteiger partial charge in [-0.25, -0.2) is 9.18 Å². The molecule has 0 saturated carbocycles. The Morgan fingerprint density at radius 3 is 2.19 bits per heavy atom. The summed E-state index contributed by atoms with van der Waals surface area (Å²) in [6.07, 6.45) is 2.27. The number of halogens is 1. The smallest absolute Gasteiger partial charge is 0.328 e. The van der Waals surface area contributed by atoms with Crippen molar-refractivity contribution >= 4 is 17.8 Å². The van der Waals surface area contributed by atoms with E-state index in [1.54, 1.807) is 12.1 Å². The summed E-state index contributed by atoms with van der Waals surface area (Å²) in [5.74, 6) is -1.85. The van der Waals surface area contributed by atoms with Gasteiger partial charge in [-0.2, -0.15) is 0 Å². The van der Waals surface area contributed by atoms with Gasteiger partial charge in [0, 0.05) is 13.3 Å². The number of amides is 2. The van der Waals surface area contributed by atoms with Gasteiger partial charge >= 0.3 is 5.97 Å². The Bertz CT molecular complexity index is 667. The summed E-state index contributed by atoms with van der Waals surface area (Å²) in [6.45, 7) is 5.06. The summed E-state index contributed by atoms with van der Waals surface area (Å²) in [5.41, 5.74) is 1.68. The third-order valence-electron chi connectivity index (χ3n) is 3.61. The second-order valence-electron chi connectivity index (χ2n) is 6.19. The Balaban J connectivity index is 2.91. The Morgan fingerprint density at radius 2 is 1.69 bits per heavy atom. The molecule has 2 N–H and O–H groups in total. The van der Waals surface area contributed by atoms with Crippen LogP contribution in [-0.2, 0) is 25.5 Å². The normalized spacial score (nSPS) is 12.5. The molecule has 0 aliphatic rings. The maximum Gasteiger partial charge on any atom is 0.328 e. The average molecular weight is 364 g/mol. The number of carbonyl (C=O) groups excluding carboxylic acids is 3. The second kappa shape index (κ2) is 10.3. The minimum atomic E-state index is -0.892. The molecule has 1 aromatic rings. The van der Waals surface area contributed by atoms with Gasteiger partial charge in [-0.15, -0.1) is 0 Å². The molecule has 0 saturated heterocycles. The summed E-state index contributed by atoms with van der Waals surface area (Å²) in [7, 11) is 1.24. The first-order chi connectivity index (χ1) is 12.2. The first kappa shape index (κ1) is 21.3. The molecular formula is C19H25FN2O4. The third-order valence-corrected chi connectivity index (χ3v) is 3.61. The number of esters is 1. The highest BCUT2D eigenvalue weighted by Crippen LogP contribution is 2.08. The monoisotopic (exact) mass is 364 g/mol. The number of benzene rings is 1. The highest BCUT2D eigenvalue weighted by atomic mass is 19.1. The number of hydrogen-bond acceptors (Lipinski definition) is 4. The number of carbonyl (C=O) groups is 3. The van der Waals surface area contributed by atoms with E-state index in [-0.39, 0.29) is 24.6 Å². The van der Waals surface area contributed by atoms with Crippen molar-refractivity contribution in [2.45, 2.75) is 45.7 Å². The first-order valence-electron chi connectivity index (χ1n) is 8.26. The third kappa shape index (κ3) is 7.46. The van der Waals surface area contributed by atoms with Gasteiger partial charge in [0.2, 0.25) is 11.8 Å². The maximum absolute atomic E-state index is 13.0. The molecule has 0 bridgehead atoms. The van der Waals surface area contributed by atoms with Crippen molar-refractivity contribution in [3.8, 4) is 0 Å². The van der Waals surface area contributed by atoms with Crippen LogP contribution in [0.1, 0.15) is 32.8 Å². The second-order valence-corrected chi connectivity index (χ2v) is 6.19. The van der Waals surface area contributed by atoms with Crippen LogP contribution in [0.5, 0.6) is 0 Å². The van der Waals surface area contributed by atoms with Crippen molar-refractivity contribution in [1.29, 1.82) is 0 Å². The van der Waals surface area contributed by atoms with E-state index in [9.17, 15) is 18.8 Å². The lowest BCUT2D eigenvalue weighted by molar-refractivity contribution is -0.145. The molecule has 0 aliphatic carbocycles. The van der Waals surface area contributed by atoms with E-state index in [2.05, 4.69) is 10.6 Å². The van der Waals surface area contributed by atoms with E-state index < -0.39 is 24.0 Å². The molecule has 26 heavy (non-hydrogen) atoms. The number of methoxy groups -OCH3 is 1. The number of hydrogen-bond donors (Lipinski definition) is 2. The van der Waals surface area contributed by atoms with Gasteiger partial charge < -0.3 is 15.4 Å². The summed E-state index contributed by atoms with van der Waals surface area (Å²) in [6, 6.07) is 3.90. The molecule has 0 heterocycles. The van der Waals surface area contributed by atoms with Crippen LogP contribution in [-0.4, -0.2) is 37.0 Å². The van der Waals surface area contributed by atoms with Crippen LogP contribution in [0.4, 0.5) is 4.39 Å². The SMILES string of the molecule is COC(=O)[C@H](CC=C(C)C)NC(=O)[C@H](Cc1ccc(F)cc1)NC(C)=O. The predicted octanol–water partition coefficient (Wildman–Crippen LogP) is 1.89. The summed E-state index contributed by atoms with van der Waals surface area (Å²) in [5, 5.41) is 5.17. The van der Waals surface area contributed by atoms with Crippen molar-refractivity contribution in [2.75, 3.05) is 7.11 Å². The lowest BCUT2D eigenvalue weighted by Gasteiger charge is -2.21. The molecule has 1 aromatic carbocycles. The highest BCUT2D eigenvalue weighted by Gasteiger charge is 2.26. The highest BCUT2D eigenvalue weighted by molar-refractivity contribution is 5.90. The van der Waals surface area contributed by atoms with Crippen LogP contribution in [0, 0.1) is 5.82 Å². The van der Waals surface area contributed by atoms with Crippen LogP contribution in [0.15, 0.2) is 35.9 Å². The fraction of sp³-hybridized carbons (Fsp3) is 0.421. The minimum Gasteiger partial charge on any atom is -0.467 e. The molecule has 0 aromatic heterocycles. The van der Waals surface area contributed by atoms with Crippen LogP contribution in [0.25, 0.3) is 0 Å². The molecule has 7 heteroatoms. The fourth-order valence-corrected chi connectivity index (χ4v) is 2.29. The molecule has 0 aliphatic heterocycles. The van der Waals surface area contributed by atoms with Gasteiger partial charge in [0.1, 0.15) is 17.9 Å². The Labute approximate surface area is 152 Å². The molecule has 0 spiro atoms. The van der Waals surface area contributed by atoms with Gasteiger partial charge in [-0.05, 0) is 38.0 Å². The zero-order valence-corrected chi connectivity index (χ0v) is 15.5. The number of ether oxygens (including phenoxy) is 1. The van der Waals surface area contributed by atoms with Gasteiger partial charge in [-0.1, -0.05) is 23.8 Å². The molecule has 6 nitrogen and oxygen atoms in total. The van der Waals surface area contributed by atoms with Crippen molar-refractivity contribution in [3.05, 3.63) is 47.3 Å². The average Bonchev–Trinajstić information content (AvgIpc) is 2.58. The van der Waals surface area contributed by atoms with E-state index in [0.717, 1.165) is 5.57 Å². The molecule has 0 fully saturated rings. The van der Waals surface area contributed by atoms with Crippen molar-refractivity contribution in [3.63, 3.8) is 0 Å². The molecule has 0 unspecified atom stereocenters. The van der Waals surface area contributed by atoms with Gasteiger partial charge in [0.15, 0.2) is 0 Å². The van der Waals surface area contributed by atoms with Crippen molar-refractivity contribution in [2.24, 2.45) is 0 Å². The van der Waals surface area contributed by atoms with Crippen molar-refractivity contribution in [1.82, 2.24) is 10.6 Å². The lowest BCUT2D eigenvalue weighted by atomic mass is 10.0. The van der Waals surface area contributed by atoms with E-state index in [1.807, 2.05) is 19.9 Å². The van der Waals surface area contributed by atoms with Crippen molar-refractivity contribution < 1.29 is 23.5 Å². The summed E-state index contributed by atoms with van der Waals surface area (Å²) in [4.78, 5) is 35.9. The summed E-state index contributed by atoms with van der Waals surface area (Å²) >= 11 is 0. The number of rotatable bonds is 8. The maximum atomic E-state index is 13.0. The molecule has 2 amide bonds. The standard InChI is InChI=1S/C19H25FN2O4/c1-12(2)5-10-16(19(25)26-4)22-18(24)17(21-13(3)23)11-14-6-8-15(20)9-7-14/h5-9,16-17H,10-11H2,1-4H3,(H,21,23)(H,22,24)/t16-,17-/m0/s1. The van der Waals surface area contributed by atoms with E-state index in [0.29, 0.717) is 5.56 Å². The van der Waals surface area contributed by atoms with Crippen LogP contribution >= 0.6 is 0 Å².